The molecule has 2 aliphatic rings. The number of carboxylic acids is 1. The third-order valence-corrected chi connectivity index (χ3v) is 4.94. The van der Waals surface area contributed by atoms with Crippen molar-refractivity contribution in [1.29, 1.82) is 0 Å². The van der Waals surface area contributed by atoms with Crippen LogP contribution in [0.1, 0.15) is 12.0 Å². The van der Waals surface area contributed by atoms with E-state index in [1.165, 1.54) is 5.69 Å². The first kappa shape index (κ1) is 17.4. The number of piperazine rings is 1. The Morgan fingerprint density at radius 2 is 2.04 bits per heavy atom. The number of amides is 1. The molecule has 132 valence electrons. The first-order chi connectivity index (χ1) is 12.1. The molecular weight excluding hydrogens is 342 g/mol. The summed E-state index contributed by atoms with van der Waals surface area (Å²) in [5.74, 6) is -1.36. The van der Waals surface area contributed by atoms with Crippen LogP contribution in [0.3, 0.4) is 0 Å². The highest BCUT2D eigenvalue weighted by atomic mass is 32.2. The van der Waals surface area contributed by atoms with Crippen molar-refractivity contribution in [1.82, 2.24) is 10.6 Å². The van der Waals surface area contributed by atoms with Gasteiger partial charge in [-0.3, -0.25) is 9.59 Å². The molecule has 0 aliphatic carbocycles. The molecule has 0 bridgehead atoms. The Morgan fingerprint density at radius 3 is 2.72 bits per heavy atom. The van der Waals surface area contributed by atoms with Crippen molar-refractivity contribution in [3.05, 3.63) is 29.8 Å². The zero-order valence-electron chi connectivity index (χ0n) is 13.5. The van der Waals surface area contributed by atoms with E-state index in [4.69, 9.17) is 5.11 Å². The van der Waals surface area contributed by atoms with Crippen LogP contribution < -0.4 is 15.5 Å². The van der Waals surface area contributed by atoms with E-state index in [1.807, 2.05) is 12.1 Å². The summed E-state index contributed by atoms with van der Waals surface area (Å²) in [7, 11) is 0. The molecule has 0 saturated carbocycles. The van der Waals surface area contributed by atoms with Gasteiger partial charge in [0, 0.05) is 31.9 Å². The molecule has 1 aromatic rings. The number of carboxylic acid groups (broad SMARTS) is 1. The second-order valence-corrected chi connectivity index (χ2v) is 6.86. The normalized spacial score (nSPS) is 22.6. The number of hydrogen-bond acceptors (Lipinski definition) is 7. The second-order valence-electron chi connectivity index (χ2n) is 5.67. The highest BCUT2D eigenvalue weighted by molar-refractivity contribution is 8.15. The Balaban J connectivity index is 1.57. The van der Waals surface area contributed by atoms with Crippen molar-refractivity contribution in [2.45, 2.75) is 11.7 Å². The monoisotopic (exact) mass is 361 g/mol. The molecule has 2 aliphatic heterocycles. The van der Waals surface area contributed by atoms with E-state index in [0.29, 0.717) is 5.17 Å². The van der Waals surface area contributed by atoms with Gasteiger partial charge in [-0.2, -0.15) is 5.10 Å². The smallest absolute Gasteiger partial charge is 0.305 e. The molecule has 1 amide bonds. The van der Waals surface area contributed by atoms with Crippen LogP contribution >= 0.6 is 11.8 Å². The minimum Gasteiger partial charge on any atom is -0.481 e. The molecule has 1 unspecified atom stereocenters. The molecule has 3 rings (SSSR count). The number of anilines is 1. The van der Waals surface area contributed by atoms with Crippen molar-refractivity contribution < 1.29 is 14.7 Å². The van der Waals surface area contributed by atoms with Crippen molar-refractivity contribution >= 4 is 40.7 Å². The Kier molecular flexibility index (Phi) is 5.67. The van der Waals surface area contributed by atoms with Crippen molar-refractivity contribution in [2.24, 2.45) is 10.2 Å². The number of rotatable bonds is 5. The first-order valence-electron chi connectivity index (χ1n) is 7.98. The topological polar surface area (TPSA) is 106 Å². The summed E-state index contributed by atoms with van der Waals surface area (Å²) < 4.78 is 0. The average Bonchev–Trinajstić information content (AvgIpc) is 2.95. The Morgan fingerprint density at radius 1 is 1.32 bits per heavy atom. The van der Waals surface area contributed by atoms with Crippen LogP contribution in [0.2, 0.25) is 0 Å². The third kappa shape index (κ3) is 4.80. The molecule has 3 N–H and O–H groups in total. The molecule has 1 aromatic carbocycles. The van der Waals surface area contributed by atoms with Crippen LogP contribution in [0.15, 0.2) is 34.5 Å². The van der Waals surface area contributed by atoms with Gasteiger partial charge in [-0.05, 0) is 17.7 Å². The molecule has 0 radical (unpaired) electrons. The maximum atomic E-state index is 11.6. The lowest BCUT2D eigenvalue weighted by atomic mass is 10.2. The predicted octanol–water partition coefficient (Wildman–Crippen LogP) is 0.492. The Hall–Kier alpha value is -2.39. The zero-order valence-corrected chi connectivity index (χ0v) is 14.3. The van der Waals surface area contributed by atoms with Gasteiger partial charge < -0.3 is 20.6 Å². The second kappa shape index (κ2) is 8.13. The number of benzene rings is 1. The summed E-state index contributed by atoms with van der Waals surface area (Å²) in [5, 5.41) is 22.2. The highest BCUT2D eigenvalue weighted by Gasteiger charge is 2.32. The van der Waals surface area contributed by atoms with Gasteiger partial charge in [-0.25, -0.2) is 0 Å². The molecule has 0 spiro atoms. The number of nitrogens with one attached hydrogen (secondary N) is 2. The van der Waals surface area contributed by atoms with Gasteiger partial charge in [0.15, 0.2) is 5.17 Å². The fourth-order valence-corrected chi connectivity index (χ4v) is 3.50. The van der Waals surface area contributed by atoms with Gasteiger partial charge in [0.1, 0.15) is 5.25 Å². The van der Waals surface area contributed by atoms with Gasteiger partial charge >= 0.3 is 5.97 Å². The van der Waals surface area contributed by atoms with Crippen LogP contribution in [-0.2, 0) is 9.59 Å². The first-order valence-corrected chi connectivity index (χ1v) is 8.86. The lowest BCUT2D eigenvalue weighted by molar-refractivity contribution is -0.138. The molecule has 1 atom stereocenters. The van der Waals surface area contributed by atoms with Crippen LogP contribution in [-0.4, -0.2) is 59.8 Å². The molecule has 0 aromatic heterocycles. The van der Waals surface area contributed by atoms with E-state index in [1.54, 1.807) is 6.21 Å². The fraction of sp³-hybridized carbons (Fsp3) is 0.375. The van der Waals surface area contributed by atoms with E-state index < -0.39 is 11.2 Å². The van der Waals surface area contributed by atoms with Crippen LogP contribution in [0.4, 0.5) is 5.69 Å². The summed E-state index contributed by atoms with van der Waals surface area (Å²) in [4.78, 5) is 24.6. The van der Waals surface area contributed by atoms with E-state index in [0.717, 1.165) is 43.5 Å². The third-order valence-electron chi connectivity index (χ3n) is 3.87. The van der Waals surface area contributed by atoms with E-state index in [9.17, 15) is 9.59 Å². The van der Waals surface area contributed by atoms with Crippen molar-refractivity contribution in [2.75, 3.05) is 31.1 Å². The SMILES string of the molecule is O=C(O)CC1SC(=NN=Cc2ccc(N3CCNCC3)cc2)NC1=O. The molecule has 25 heavy (non-hydrogen) atoms. The minimum absolute atomic E-state index is 0.229. The van der Waals surface area contributed by atoms with Crippen molar-refractivity contribution in [3.8, 4) is 0 Å². The molecule has 2 heterocycles. The lowest BCUT2D eigenvalue weighted by Crippen LogP contribution is -2.43. The molecule has 2 saturated heterocycles. The molecule has 9 heteroatoms. The fourth-order valence-electron chi connectivity index (χ4n) is 2.59. The zero-order chi connectivity index (χ0) is 17.6. The lowest BCUT2D eigenvalue weighted by Gasteiger charge is -2.29. The van der Waals surface area contributed by atoms with Gasteiger partial charge in [-0.15, -0.1) is 5.10 Å². The largest absolute Gasteiger partial charge is 0.481 e. The average molecular weight is 361 g/mol. The number of nitrogens with zero attached hydrogens (tertiary/aromatic N) is 3. The number of thioether (sulfide) groups is 1. The molecular formula is C16H19N5O3S. The number of carbonyl (C=O) groups excluding carboxylic acids is 1. The summed E-state index contributed by atoms with van der Waals surface area (Å²) in [6, 6.07) is 8.03. The van der Waals surface area contributed by atoms with E-state index in [2.05, 4.69) is 37.9 Å². The van der Waals surface area contributed by atoms with Crippen LogP contribution in [0, 0.1) is 0 Å². The molecule has 8 nitrogen and oxygen atoms in total. The quantitative estimate of drug-likeness (QED) is 0.521. The van der Waals surface area contributed by atoms with Gasteiger partial charge in [0.2, 0.25) is 5.91 Å². The van der Waals surface area contributed by atoms with Crippen molar-refractivity contribution in [3.63, 3.8) is 0 Å². The minimum atomic E-state index is -1.01. The number of carbonyl (C=O) groups is 2. The van der Waals surface area contributed by atoms with Crippen LogP contribution in [0.5, 0.6) is 0 Å². The van der Waals surface area contributed by atoms with E-state index in [-0.39, 0.29) is 12.3 Å². The Labute approximate surface area is 149 Å². The van der Waals surface area contributed by atoms with Gasteiger partial charge in [0.05, 0.1) is 12.6 Å². The highest BCUT2D eigenvalue weighted by Crippen LogP contribution is 2.22. The standard InChI is InChI=1S/C16H19N5O3S/c22-14(23)9-13-15(24)19-16(25-13)20-18-10-11-1-3-12(4-2-11)21-7-5-17-6-8-21/h1-4,10,13,17H,5-9H2,(H,22,23)(H,19,20,24). The van der Waals surface area contributed by atoms with E-state index >= 15 is 0 Å². The summed E-state index contributed by atoms with van der Waals surface area (Å²) in [5.41, 5.74) is 2.08. The molecule has 2 fully saturated rings. The summed E-state index contributed by atoms with van der Waals surface area (Å²) >= 11 is 1.09. The Bertz CT molecular complexity index is 698. The number of hydrogen-bond donors (Lipinski definition) is 3. The predicted molar refractivity (Wildman–Crippen MR) is 98.3 cm³/mol. The number of aliphatic carboxylic acids is 1. The van der Waals surface area contributed by atoms with Gasteiger partial charge in [-0.1, -0.05) is 23.9 Å². The van der Waals surface area contributed by atoms with Crippen LogP contribution in [0.25, 0.3) is 0 Å². The summed E-state index contributed by atoms with van der Waals surface area (Å²) in [6.07, 6.45) is 1.37. The maximum absolute atomic E-state index is 11.6. The number of amidine groups is 1. The maximum Gasteiger partial charge on any atom is 0.305 e. The summed E-state index contributed by atoms with van der Waals surface area (Å²) in [6.45, 7) is 3.98. The van der Waals surface area contributed by atoms with Gasteiger partial charge in [0.25, 0.3) is 0 Å².